The first kappa shape index (κ1) is 10.8. The van der Waals surface area contributed by atoms with Crippen molar-refractivity contribution in [3.8, 4) is 0 Å². The van der Waals surface area contributed by atoms with Crippen LogP contribution in [0.3, 0.4) is 0 Å². The summed E-state index contributed by atoms with van der Waals surface area (Å²) in [5, 5.41) is 8.92. The van der Waals surface area contributed by atoms with Crippen LogP contribution in [0, 0.1) is 5.41 Å². The number of nitrogens with two attached hydrogens (primary N) is 1. The van der Waals surface area contributed by atoms with Crippen molar-refractivity contribution in [2.24, 2.45) is 11.1 Å². The average molecular weight is 196 g/mol. The predicted molar refractivity (Wildman–Crippen MR) is 53.8 cm³/mol. The van der Waals surface area contributed by atoms with Crippen LogP contribution in [0.1, 0.15) is 31.9 Å². The molecule has 1 unspecified atom stereocenters. The van der Waals surface area contributed by atoms with Crippen LogP contribution in [-0.4, -0.2) is 16.1 Å². The SMILES string of the molecule is CC(C)(CC(N)c1cc[nH]c1)C(=O)O. The van der Waals surface area contributed by atoms with E-state index in [0.717, 1.165) is 5.56 Å². The minimum atomic E-state index is -0.816. The molecule has 0 bridgehead atoms. The van der Waals surface area contributed by atoms with E-state index in [-0.39, 0.29) is 6.04 Å². The summed E-state index contributed by atoms with van der Waals surface area (Å²) in [6, 6.07) is 1.63. The minimum absolute atomic E-state index is 0.229. The van der Waals surface area contributed by atoms with Crippen molar-refractivity contribution in [2.45, 2.75) is 26.3 Å². The van der Waals surface area contributed by atoms with Gasteiger partial charge in [-0.25, -0.2) is 0 Å². The number of carbonyl (C=O) groups is 1. The van der Waals surface area contributed by atoms with Gasteiger partial charge in [0.2, 0.25) is 0 Å². The smallest absolute Gasteiger partial charge is 0.309 e. The second-order valence-corrected chi connectivity index (χ2v) is 4.14. The van der Waals surface area contributed by atoms with Gasteiger partial charge in [-0.2, -0.15) is 0 Å². The number of aliphatic carboxylic acids is 1. The highest BCUT2D eigenvalue weighted by Crippen LogP contribution is 2.28. The van der Waals surface area contributed by atoms with Crippen molar-refractivity contribution in [1.82, 2.24) is 4.98 Å². The molecule has 0 aromatic carbocycles. The second kappa shape index (κ2) is 3.84. The Balaban J connectivity index is 2.66. The molecule has 4 heteroatoms. The lowest BCUT2D eigenvalue weighted by Crippen LogP contribution is -2.28. The number of carboxylic acid groups (broad SMARTS) is 1. The molecule has 0 amide bonds. The van der Waals surface area contributed by atoms with Gasteiger partial charge in [-0.15, -0.1) is 0 Å². The van der Waals surface area contributed by atoms with Gasteiger partial charge in [-0.05, 0) is 31.9 Å². The van der Waals surface area contributed by atoms with E-state index in [4.69, 9.17) is 10.8 Å². The van der Waals surface area contributed by atoms with E-state index in [1.165, 1.54) is 0 Å². The maximum absolute atomic E-state index is 10.9. The van der Waals surface area contributed by atoms with Crippen LogP contribution < -0.4 is 5.73 Å². The summed E-state index contributed by atoms with van der Waals surface area (Å²) in [6.07, 6.45) is 4.01. The summed E-state index contributed by atoms with van der Waals surface area (Å²) in [7, 11) is 0. The van der Waals surface area contributed by atoms with E-state index in [2.05, 4.69) is 4.98 Å². The molecule has 4 nitrogen and oxygen atoms in total. The summed E-state index contributed by atoms with van der Waals surface area (Å²) in [5.41, 5.74) is 6.04. The third-order valence-corrected chi connectivity index (χ3v) is 2.36. The third kappa shape index (κ3) is 2.35. The Kier molecular flexibility index (Phi) is 2.96. The number of hydrogen-bond acceptors (Lipinski definition) is 2. The molecule has 14 heavy (non-hydrogen) atoms. The maximum Gasteiger partial charge on any atom is 0.309 e. The molecule has 0 saturated carbocycles. The molecular formula is C10H16N2O2. The Hall–Kier alpha value is -1.29. The van der Waals surface area contributed by atoms with Crippen molar-refractivity contribution in [2.75, 3.05) is 0 Å². The van der Waals surface area contributed by atoms with Gasteiger partial charge in [-0.1, -0.05) is 0 Å². The molecule has 0 radical (unpaired) electrons. The Morgan fingerprint density at radius 2 is 2.36 bits per heavy atom. The van der Waals surface area contributed by atoms with Crippen molar-refractivity contribution in [1.29, 1.82) is 0 Å². The van der Waals surface area contributed by atoms with Gasteiger partial charge in [0.05, 0.1) is 5.41 Å². The first-order valence-electron chi connectivity index (χ1n) is 4.55. The summed E-state index contributed by atoms with van der Waals surface area (Å²) >= 11 is 0. The molecule has 0 fully saturated rings. The molecule has 1 rings (SSSR count). The quantitative estimate of drug-likeness (QED) is 0.683. The molecule has 4 N–H and O–H groups in total. The number of carboxylic acids is 1. The fourth-order valence-corrected chi connectivity index (χ4v) is 1.32. The highest BCUT2D eigenvalue weighted by molar-refractivity contribution is 5.73. The summed E-state index contributed by atoms with van der Waals surface area (Å²) in [6.45, 7) is 3.36. The zero-order valence-electron chi connectivity index (χ0n) is 8.45. The Labute approximate surface area is 83.1 Å². The minimum Gasteiger partial charge on any atom is -0.481 e. The zero-order valence-corrected chi connectivity index (χ0v) is 8.45. The van der Waals surface area contributed by atoms with Gasteiger partial charge >= 0.3 is 5.97 Å². The molecule has 1 heterocycles. The monoisotopic (exact) mass is 196 g/mol. The highest BCUT2D eigenvalue weighted by atomic mass is 16.4. The van der Waals surface area contributed by atoms with Crippen molar-refractivity contribution in [3.05, 3.63) is 24.0 Å². The summed E-state index contributed by atoms with van der Waals surface area (Å²) < 4.78 is 0. The van der Waals surface area contributed by atoms with E-state index in [9.17, 15) is 4.79 Å². The van der Waals surface area contributed by atoms with E-state index in [1.54, 1.807) is 26.2 Å². The van der Waals surface area contributed by atoms with Crippen LogP contribution in [0.15, 0.2) is 18.5 Å². The summed E-state index contributed by atoms with van der Waals surface area (Å²) in [4.78, 5) is 13.8. The van der Waals surface area contributed by atoms with E-state index in [0.29, 0.717) is 6.42 Å². The fourth-order valence-electron chi connectivity index (χ4n) is 1.32. The molecule has 0 aliphatic carbocycles. The van der Waals surface area contributed by atoms with E-state index >= 15 is 0 Å². The molecule has 1 atom stereocenters. The fraction of sp³-hybridized carbons (Fsp3) is 0.500. The molecule has 78 valence electrons. The second-order valence-electron chi connectivity index (χ2n) is 4.14. The van der Waals surface area contributed by atoms with Crippen LogP contribution in [0.5, 0.6) is 0 Å². The number of nitrogens with one attached hydrogen (secondary N) is 1. The number of rotatable bonds is 4. The number of hydrogen-bond donors (Lipinski definition) is 3. The van der Waals surface area contributed by atoms with Crippen molar-refractivity contribution < 1.29 is 9.90 Å². The topological polar surface area (TPSA) is 79.1 Å². The largest absolute Gasteiger partial charge is 0.481 e. The Morgan fingerprint density at radius 1 is 1.71 bits per heavy atom. The lowest BCUT2D eigenvalue weighted by molar-refractivity contribution is -0.147. The maximum atomic E-state index is 10.9. The van der Waals surface area contributed by atoms with Gasteiger partial charge in [0.15, 0.2) is 0 Å². The predicted octanol–water partition coefficient (Wildman–Crippen LogP) is 1.52. The summed E-state index contributed by atoms with van der Waals surface area (Å²) in [5.74, 6) is -0.816. The Morgan fingerprint density at radius 3 is 2.79 bits per heavy atom. The normalized spacial score (nSPS) is 13.9. The molecular weight excluding hydrogens is 180 g/mol. The van der Waals surface area contributed by atoms with Gasteiger partial charge in [-0.3, -0.25) is 4.79 Å². The van der Waals surface area contributed by atoms with Gasteiger partial charge in [0.25, 0.3) is 0 Å². The molecule has 0 spiro atoms. The van der Waals surface area contributed by atoms with Crippen LogP contribution in [0.2, 0.25) is 0 Å². The van der Waals surface area contributed by atoms with Crippen LogP contribution >= 0.6 is 0 Å². The first-order valence-corrected chi connectivity index (χ1v) is 4.55. The number of aromatic nitrogens is 1. The van der Waals surface area contributed by atoms with Crippen molar-refractivity contribution >= 4 is 5.97 Å². The standard InChI is InChI=1S/C10H16N2O2/c1-10(2,9(13)14)5-8(11)7-3-4-12-6-7/h3-4,6,8,12H,5,11H2,1-2H3,(H,13,14). The molecule has 1 aromatic rings. The van der Waals surface area contributed by atoms with Crippen LogP contribution in [-0.2, 0) is 4.79 Å². The van der Waals surface area contributed by atoms with E-state index < -0.39 is 11.4 Å². The van der Waals surface area contributed by atoms with E-state index in [1.807, 2.05) is 6.07 Å². The van der Waals surface area contributed by atoms with Gasteiger partial charge < -0.3 is 15.8 Å². The first-order chi connectivity index (χ1) is 6.43. The molecule has 0 saturated heterocycles. The average Bonchev–Trinajstić information content (AvgIpc) is 2.54. The Bertz CT molecular complexity index is 304. The van der Waals surface area contributed by atoms with Crippen molar-refractivity contribution in [3.63, 3.8) is 0 Å². The van der Waals surface area contributed by atoms with Gasteiger partial charge in [0, 0.05) is 18.4 Å². The highest BCUT2D eigenvalue weighted by Gasteiger charge is 2.29. The lowest BCUT2D eigenvalue weighted by Gasteiger charge is -2.22. The van der Waals surface area contributed by atoms with Gasteiger partial charge in [0.1, 0.15) is 0 Å². The third-order valence-electron chi connectivity index (χ3n) is 2.36. The van der Waals surface area contributed by atoms with Crippen LogP contribution in [0.4, 0.5) is 0 Å². The number of aromatic amines is 1. The molecule has 0 aliphatic heterocycles. The molecule has 1 aromatic heterocycles. The van der Waals surface area contributed by atoms with Crippen LogP contribution in [0.25, 0.3) is 0 Å². The molecule has 0 aliphatic rings. The zero-order chi connectivity index (χ0) is 10.8. The number of H-pyrrole nitrogens is 1. The lowest BCUT2D eigenvalue weighted by atomic mass is 9.84.